The number of aliphatic hydroxyl groups is 1. The Balaban J connectivity index is 3.75. The molecule has 0 aliphatic rings. The molecule has 0 aromatic rings. The molecule has 11 heavy (non-hydrogen) atoms. The molecular weight excluding hydrogens is 144 g/mol. The fourth-order valence-electron chi connectivity index (χ4n) is 0.701. The Bertz CT molecular complexity index is 172. The van der Waals surface area contributed by atoms with Crippen LogP contribution in [0.15, 0.2) is 0 Å². The summed E-state index contributed by atoms with van der Waals surface area (Å²) < 4.78 is 0. The molecule has 1 atom stereocenters. The first kappa shape index (κ1) is 9.92. The number of nitrogens with zero attached hydrogens (tertiary/aromatic N) is 2. The van der Waals surface area contributed by atoms with Gasteiger partial charge in [0, 0.05) is 13.6 Å². The van der Waals surface area contributed by atoms with E-state index >= 15 is 0 Å². The molecule has 0 aliphatic carbocycles. The number of carbonyl (C=O) groups is 1. The van der Waals surface area contributed by atoms with E-state index in [2.05, 4.69) is 0 Å². The number of hydrogen-bond acceptors (Lipinski definition) is 3. The molecule has 1 amide bonds. The van der Waals surface area contributed by atoms with Gasteiger partial charge in [-0.3, -0.25) is 4.79 Å². The molecule has 0 heterocycles. The normalized spacial score (nSPS) is 11.8. The summed E-state index contributed by atoms with van der Waals surface area (Å²) in [4.78, 5) is 12.2. The summed E-state index contributed by atoms with van der Waals surface area (Å²) in [5.41, 5.74) is 0. The molecule has 4 heteroatoms. The van der Waals surface area contributed by atoms with Crippen LogP contribution in [0.4, 0.5) is 0 Å². The Morgan fingerprint density at radius 2 is 2.36 bits per heavy atom. The largest absolute Gasteiger partial charge is 0.392 e. The number of nitriles is 1. The van der Waals surface area contributed by atoms with Crippen molar-refractivity contribution < 1.29 is 9.90 Å². The quantitative estimate of drug-likeness (QED) is 0.612. The van der Waals surface area contributed by atoms with E-state index in [9.17, 15) is 4.79 Å². The summed E-state index contributed by atoms with van der Waals surface area (Å²) in [6.45, 7) is 1.87. The van der Waals surface area contributed by atoms with Crippen LogP contribution in [0, 0.1) is 11.3 Å². The van der Waals surface area contributed by atoms with Crippen LogP contribution >= 0.6 is 0 Å². The minimum Gasteiger partial charge on any atom is -0.392 e. The van der Waals surface area contributed by atoms with Gasteiger partial charge < -0.3 is 10.0 Å². The second-order valence-electron chi connectivity index (χ2n) is 2.46. The van der Waals surface area contributed by atoms with E-state index in [-0.39, 0.29) is 18.9 Å². The summed E-state index contributed by atoms with van der Waals surface area (Å²) >= 11 is 0. The predicted octanol–water partition coefficient (Wildman–Crippen LogP) is -0.261. The molecule has 0 aromatic carbocycles. The third-order valence-corrected chi connectivity index (χ3v) is 1.19. The zero-order valence-electron chi connectivity index (χ0n) is 6.74. The zero-order valence-corrected chi connectivity index (χ0v) is 6.74. The Morgan fingerprint density at radius 3 is 2.73 bits per heavy atom. The number of amides is 1. The molecule has 0 rings (SSSR count). The molecule has 0 radical (unpaired) electrons. The monoisotopic (exact) mass is 156 g/mol. The minimum atomic E-state index is -0.539. The van der Waals surface area contributed by atoms with E-state index in [0.717, 1.165) is 0 Å². The lowest BCUT2D eigenvalue weighted by Crippen LogP contribution is -2.32. The van der Waals surface area contributed by atoms with Crippen LogP contribution in [0.3, 0.4) is 0 Å². The topological polar surface area (TPSA) is 64.3 Å². The van der Waals surface area contributed by atoms with E-state index in [0.29, 0.717) is 0 Å². The van der Waals surface area contributed by atoms with Crippen LogP contribution in [-0.4, -0.2) is 35.6 Å². The van der Waals surface area contributed by atoms with Crippen LogP contribution in [0.5, 0.6) is 0 Å². The third-order valence-electron chi connectivity index (χ3n) is 1.19. The zero-order chi connectivity index (χ0) is 8.85. The van der Waals surface area contributed by atoms with Crippen LogP contribution in [0.2, 0.25) is 0 Å². The Kier molecular flexibility index (Phi) is 4.23. The summed E-state index contributed by atoms with van der Waals surface area (Å²) in [6.07, 6.45) is -0.661. The first-order valence-electron chi connectivity index (χ1n) is 3.37. The van der Waals surface area contributed by atoms with Gasteiger partial charge in [-0.15, -0.1) is 0 Å². The summed E-state index contributed by atoms with van der Waals surface area (Å²) in [5, 5.41) is 17.0. The van der Waals surface area contributed by atoms with Gasteiger partial charge in [0.25, 0.3) is 0 Å². The maximum Gasteiger partial charge on any atom is 0.236 e. The van der Waals surface area contributed by atoms with Crippen molar-refractivity contribution in [3.05, 3.63) is 0 Å². The molecule has 0 saturated heterocycles. The summed E-state index contributed by atoms with van der Waals surface area (Å²) in [5.74, 6) is -0.256. The van der Waals surface area contributed by atoms with Crippen LogP contribution in [0.1, 0.15) is 13.3 Å². The van der Waals surface area contributed by atoms with Crippen molar-refractivity contribution in [2.45, 2.75) is 19.4 Å². The van der Waals surface area contributed by atoms with Gasteiger partial charge in [0.15, 0.2) is 0 Å². The molecule has 0 bridgehead atoms. The van der Waals surface area contributed by atoms with Gasteiger partial charge in [0.2, 0.25) is 5.91 Å². The molecule has 1 unspecified atom stereocenters. The molecule has 0 fully saturated rings. The molecule has 62 valence electrons. The van der Waals surface area contributed by atoms with Gasteiger partial charge in [-0.1, -0.05) is 0 Å². The van der Waals surface area contributed by atoms with E-state index in [4.69, 9.17) is 10.4 Å². The highest BCUT2D eigenvalue weighted by atomic mass is 16.3. The molecule has 0 spiro atoms. The average Bonchev–Trinajstić information content (AvgIpc) is 1.86. The molecule has 0 saturated carbocycles. The van der Waals surface area contributed by atoms with E-state index in [1.807, 2.05) is 0 Å². The number of likely N-dealkylation sites (N-methyl/N-ethyl adjacent to an activating group) is 1. The molecule has 1 N–H and O–H groups in total. The standard InChI is InChI=1S/C7H12N2O2/c1-6(10)5-9(2)7(11)3-4-8/h6,10H,3,5H2,1-2H3. The van der Waals surface area contributed by atoms with Crippen LogP contribution in [0.25, 0.3) is 0 Å². The molecule has 0 aliphatic heterocycles. The first-order valence-corrected chi connectivity index (χ1v) is 3.37. The predicted molar refractivity (Wildman–Crippen MR) is 39.5 cm³/mol. The second-order valence-corrected chi connectivity index (χ2v) is 2.46. The second kappa shape index (κ2) is 4.69. The fraction of sp³-hybridized carbons (Fsp3) is 0.714. The SMILES string of the molecule is CC(O)CN(C)C(=O)CC#N. The average molecular weight is 156 g/mol. The van der Waals surface area contributed by atoms with Gasteiger partial charge in [-0.25, -0.2) is 0 Å². The lowest BCUT2D eigenvalue weighted by molar-refractivity contribution is -0.129. The molecular formula is C7H12N2O2. The van der Waals surface area contributed by atoms with Crippen molar-refractivity contribution in [2.24, 2.45) is 0 Å². The smallest absolute Gasteiger partial charge is 0.236 e. The van der Waals surface area contributed by atoms with Crippen molar-refractivity contribution in [3.8, 4) is 6.07 Å². The first-order chi connectivity index (χ1) is 5.07. The molecule has 4 nitrogen and oxygen atoms in total. The third kappa shape index (κ3) is 4.34. The van der Waals surface area contributed by atoms with Crippen molar-refractivity contribution >= 4 is 5.91 Å². The Labute approximate surface area is 66.0 Å². The lowest BCUT2D eigenvalue weighted by Gasteiger charge is -2.16. The minimum absolute atomic E-state index is 0.122. The number of hydrogen-bond donors (Lipinski definition) is 1. The number of carbonyl (C=O) groups excluding carboxylic acids is 1. The van der Waals surface area contributed by atoms with Crippen LogP contribution in [-0.2, 0) is 4.79 Å². The van der Waals surface area contributed by atoms with Crippen molar-refractivity contribution in [3.63, 3.8) is 0 Å². The van der Waals surface area contributed by atoms with Gasteiger partial charge >= 0.3 is 0 Å². The fourth-order valence-corrected chi connectivity index (χ4v) is 0.701. The summed E-state index contributed by atoms with van der Waals surface area (Å²) in [7, 11) is 1.56. The highest BCUT2D eigenvalue weighted by Gasteiger charge is 2.09. The van der Waals surface area contributed by atoms with E-state index in [1.165, 1.54) is 4.90 Å². The van der Waals surface area contributed by atoms with Gasteiger partial charge in [0.1, 0.15) is 6.42 Å². The molecule has 0 aromatic heterocycles. The number of aliphatic hydroxyl groups excluding tert-OH is 1. The Morgan fingerprint density at radius 1 is 1.82 bits per heavy atom. The maximum absolute atomic E-state index is 10.9. The van der Waals surface area contributed by atoms with E-state index in [1.54, 1.807) is 20.0 Å². The maximum atomic E-state index is 10.9. The Hall–Kier alpha value is -1.08. The van der Waals surface area contributed by atoms with Gasteiger partial charge in [-0.05, 0) is 6.92 Å². The lowest BCUT2D eigenvalue weighted by atomic mass is 10.3. The van der Waals surface area contributed by atoms with E-state index < -0.39 is 6.10 Å². The summed E-state index contributed by atoms with van der Waals surface area (Å²) in [6, 6.07) is 1.75. The number of rotatable bonds is 3. The highest BCUT2D eigenvalue weighted by Crippen LogP contribution is 1.91. The van der Waals surface area contributed by atoms with Crippen molar-refractivity contribution in [1.82, 2.24) is 4.90 Å². The van der Waals surface area contributed by atoms with Gasteiger partial charge in [0.05, 0.1) is 12.2 Å². The van der Waals surface area contributed by atoms with Crippen LogP contribution < -0.4 is 0 Å². The van der Waals surface area contributed by atoms with Crippen molar-refractivity contribution in [1.29, 1.82) is 5.26 Å². The van der Waals surface area contributed by atoms with Gasteiger partial charge in [-0.2, -0.15) is 5.26 Å². The van der Waals surface area contributed by atoms with Crippen molar-refractivity contribution in [2.75, 3.05) is 13.6 Å². The highest BCUT2D eigenvalue weighted by molar-refractivity contribution is 5.77.